The first-order chi connectivity index (χ1) is 13.2. The minimum Gasteiger partial charge on any atom is -0.492 e. The van der Waals surface area contributed by atoms with Crippen LogP contribution in [0.1, 0.15) is 25.0 Å². The zero-order valence-electron chi connectivity index (χ0n) is 16.3. The standard InChI is InChI=1S/C24H28N2O/c1-3-26(4-2)19-8-5-17-6-10-22-21-12-9-20(27-14-13-25)15-18(21)7-11-23(22)24(17)16-19/h5,7-9,11-12,15-16H,3-4,6,10,13-14,25H2,1-2H3. The van der Waals surface area contributed by atoms with Crippen molar-refractivity contribution in [3.05, 3.63) is 59.7 Å². The number of hydrogen-bond donors (Lipinski definition) is 1. The number of hydrogen-bond acceptors (Lipinski definition) is 3. The van der Waals surface area contributed by atoms with Crippen LogP contribution in [0.3, 0.4) is 0 Å². The molecule has 27 heavy (non-hydrogen) atoms. The van der Waals surface area contributed by atoms with Gasteiger partial charge in [0.1, 0.15) is 12.4 Å². The lowest BCUT2D eigenvalue weighted by molar-refractivity contribution is 0.329. The van der Waals surface area contributed by atoms with Crippen LogP contribution in [0.25, 0.3) is 21.9 Å². The molecule has 0 bridgehead atoms. The van der Waals surface area contributed by atoms with Gasteiger partial charge >= 0.3 is 0 Å². The number of nitrogens with two attached hydrogens (primary N) is 1. The molecule has 3 heteroatoms. The first-order valence-electron chi connectivity index (χ1n) is 10.0. The first-order valence-corrected chi connectivity index (χ1v) is 10.0. The Kier molecular flexibility index (Phi) is 5.04. The number of anilines is 1. The van der Waals surface area contributed by atoms with Crippen molar-refractivity contribution < 1.29 is 4.74 Å². The van der Waals surface area contributed by atoms with Gasteiger partial charge in [0.2, 0.25) is 0 Å². The fourth-order valence-electron chi connectivity index (χ4n) is 4.24. The van der Waals surface area contributed by atoms with Crippen LogP contribution in [0.15, 0.2) is 48.5 Å². The van der Waals surface area contributed by atoms with Crippen LogP contribution in [0.2, 0.25) is 0 Å². The topological polar surface area (TPSA) is 38.5 Å². The van der Waals surface area contributed by atoms with Crippen LogP contribution in [-0.4, -0.2) is 26.2 Å². The fourth-order valence-corrected chi connectivity index (χ4v) is 4.24. The van der Waals surface area contributed by atoms with Gasteiger partial charge in [0, 0.05) is 25.3 Å². The van der Waals surface area contributed by atoms with E-state index in [9.17, 15) is 0 Å². The van der Waals surface area contributed by atoms with Gasteiger partial charge in [-0.05, 0) is 84.0 Å². The van der Waals surface area contributed by atoms with Gasteiger partial charge in [0.25, 0.3) is 0 Å². The SMILES string of the molecule is CCN(CC)c1ccc2c(c1)-c1ccc3cc(OCCN)ccc3c1CC2. The molecule has 3 aromatic rings. The summed E-state index contributed by atoms with van der Waals surface area (Å²) in [4.78, 5) is 2.41. The van der Waals surface area contributed by atoms with E-state index in [-0.39, 0.29) is 0 Å². The third kappa shape index (κ3) is 3.28. The summed E-state index contributed by atoms with van der Waals surface area (Å²) in [6, 6.07) is 17.9. The third-order valence-electron chi connectivity index (χ3n) is 5.65. The number of aryl methyl sites for hydroxylation is 2. The Morgan fingerprint density at radius 1 is 0.926 bits per heavy atom. The summed E-state index contributed by atoms with van der Waals surface area (Å²) in [5.41, 5.74) is 12.6. The molecule has 0 unspecified atom stereocenters. The van der Waals surface area contributed by atoms with Gasteiger partial charge < -0.3 is 15.4 Å². The van der Waals surface area contributed by atoms with Gasteiger partial charge in [-0.25, -0.2) is 0 Å². The number of benzene rings is 3. The lowest BCUT2D eigenvalue weighted by Gasteiger charge is -2.26. The van der Waals surface area contributed by atoms with Gasteiger partial charge in [-0.1, -0.05) is 24.3 Å². The summed E-state index contributed by atoms with van der Waals surface area (Å²) >= 11 is 0. The summed E-state index contributed by atoms with van der Waals surface area (Å²) in [5, 5.41) is 2.58. The summed E-state index contributed by atoms with van der Waals surface area (Å²) in [6.07, 6.45) is 2.19. The molecule has 0 amide bonds. The molecule has 3 aromatic carbocycles. The van der Waals surface area contributed by atoms with Crippen molar-refractivity contribution in [2.75, 3.05) is 31.1 Å². The predicted molar refractivity (Wildman–Crippen MR) is 115 cm³/mol. The smallest absolute Gasteiger partial charge is 0.120 e. The average molecular weight is 361 g/mol. The normalized spacial score (nSPS) is 12.6. The van der Waals surface area contributed by atoms with Crippen molar-refractivity contribution in [2.45, 2.75) is 26.7 Å². The molecule has 0 spiro atoms. The van der Waals surface area contributed by atoms with E-state index < -0.39 is 0 Å². The molecular weight excluding hydrogens is 332 g/mol. The van der Waals surface area contributed by atoms with Crippen LogP contribution in [0.5, 0.6) is 5.75 Å². The van der Waals surface area contributed by atoms with E-state index in [0.29, 0.717) is 13.2 Å². The van der Waals surface area contributed by atoms with Gasteiger partial charge in [-0.15, -0.1) is 0 Å². The number of rotatable bonds is 6. The predicted octanol–water partition coefficient (Wildman–Crippen LogP) is 4.79. The van der Waals surface area contributed by atoms with Gasteiger partial charge in [0.05, 0.1) is 0 Å². The Morgan fingerprint density at radius 3 is 2.56 bits per heavy atom. The summed E-state index contributed by atoms with van der Waals surface area (Å²) in [7, 11) is 0. The Balaban J connectivity index is 1.79. The second-order valence-corrected chi connectivity index (χ2v) is 7.13. The van der Waals surface area contributed by atoms with Crippen molar-refractivity contribution in [1.29, 1.82) is 0 Å². The molecule has 1 aliphatic rings. The zero-order chi connectivity index (χ0) is 18.8. The minimum absolute atomic E-state index is 0.536. The highest BCUT2D eigenvalue weighted by atomic mass is 16.5. The summed E-state index contributed by atoms with van der Waals surface area (Å²) in [6.45, 7) is 7.59. The van der Waals surface area contributed by atoms with Crippen LogP contribution in [0.4, 0.5) is 5.69 Å². The number of fused-ring (bicyclic) bond motifs is 5. The number of nitrogens with zero attached hydrogens (tertiary/aromatic N) is 1. The van der Waals surface area contributed by atoms with Gasteiger partial charge in [0.15, 0.2) is 0 Å². The Labute approximate surface area is 161 Å². The molecule has 140 valence electrons. The molecule has 4 rings (SSSR count). The van der Waals surface area contributed by atoms with Gasteiger partial charge in [-0.3, -0.25) is 0 Å². The van der Waals surface area contributed by atoms with E-state index in [2.05, 4.69) is 67.3 Å². The molecule has 0 fully saturated rings. The third-order valence-corrected chi connectivity index (χ3v) is 5.65. The fraction of sp³-hybridized carbons (Fsp3) is 0.333. The first kappa shape index (κ1) is 17.9. The molecule has 0 radical (unpaired) electrons. The molecule has 0 aromatic heterocycles. The Morgan fingerprint density at radius 2 is 1.78 bits per heavy atom. The highest BCUT2D eigenvalue weighted by Gasteiger charge is 2.19. The van der Waals surface area contributed by atoms with E-state index in [4.69, 9.17) is 10.5 Å². The van der Waals surface area contributed by atoms with Crippen LogP contribution in [-0.2, 0) is 12.8 Å². The lowest BCUT2D eigenvalue weighted by Crippen LogP contribution is -2.22. The maximum atomic E-state index is 5.70. The highest BCUT2D eigenvalue weighted by molar-refractivity contribution is 5.94. The summed E-state index contributed by atoms with van der Waals surface area (Å²) in [5.74, 6) is 0.896. The van der Waals surface area contributed by atoms with Crippen LogP contribution >= 0.6 is 0 Å². The van der Waals surface area contributed by atoms with Crippen molar-refractivity contribution in [2.24, 2.45) is 5.73 Å². The maximum Gasteiger partial charge on any atom is 0.120 e. The second-order valence-electron chi connectivity index (χ2n) is 7.13. The minimum atomic E-state index is 0.536. The average Bonchev–Trinajstić information content (AvgIpc) is 2.72. The molecule has 0 aliphatic heterocycles. The molecule has 0 saturated carbocycles. The zero-order valence-corrected chi connectivity index (χ0v) is 16.3. The molecular formula is C24H28N2O. The van der Waals surface area contributed by atoms with Crippen molar-refractivity contribution in [3.63, 3.8) is 0 Å². The van der Waals surface area contributed by atoms with Crippen LogP contribution in [0, 0.1) is 0 Å². The van der Waals surface area contributed by atoms with E-state index in [1.54, 1.807) is 0 Å². The van der Waals surface area contributed by atoms with Crippen molar-refractivity contribution in [1.82, 2.24) is 0 Å². The quantitative estimate of drug-likeness (QED) is 0.687. The Bertz CT molecular complexity index is 960. The van der Waals surface area contributed by atoms with E-state index in [0.717, 1.165) is 31.7 Å². The highest BCUT2D eigenvalue weighted by Crippen LogP contribution is 2.40. The molecule has 1 aliphatic carbocycles. The second kappa shape index (κ2) is 7.61. The lowest BCUT2D eigenvalue weighted by atomic mass is 9.83. The molecule has 0 atom stereocenters. The monoisotopic (exact) mass is 360 g/mol. The molecule has 3 nitrogen and oxygen atoms in total. The van der Waals surface area contributed by atoms with Gasteiger partial charge in [-0.2, -0.15) is 0 Å². The largest absolute Gasteiger partial charge is 0.492 e. The Hall–Kier alpha value is -2.52. The van der Waals surface area contributed by atoms with Crippen molar-refractivity contribution >= 4 is 16.5 Å². The molecule has 2 N–H and O–H groups in total. The molecule has 0 saturated heterocycles. The number of ether oxygens (including phenoxy) is 1. The van der Waals surface area contributed by atoms with Crippen LogP contribution < -0.4 is 15.4 Å². The van der Waals surface area contributed by atoms with Crippen molar-refractivity contribution in [3.8, 4) is 16.9 Å². The maximum absolute atomic E-state index is 5.70. The summed E-state index contributed by atoms with van der Waals surface area (Å²) < 4.78 is 5.70. The van der Waals surface area contributed by atoms with E-state index >= 15 is 0 Å². The molecule has 0 heterocycles. The van der Waals surface area contributed by atoms with E-state index in [1.807, 2.05) is 0 Å². The van der Waals surface area contributed by atoms with E-state index in [1.165, 1.54) is 38.7 Å².